The Bertz CT molecular complexity index is 455. The monoisotopic (exact) mass is 264 g/mol. The lowest BCUT2D eigenvalue weighted by atomic mass is 10.0. The number of carbonyl (C=O) groups excluding carboxylic acids is 1. The van der Waals surface area contributed by atoms with Crippen LogP contribution < -0.4 is 4.74 Å². The fourth-order valence-corrected chi connectivity index (χ4v) is 2.40. The van der Waals surface area contributed by atoms with Crippen molar-refractivity contribution in [2.45, 2.75) is 25.7 Å². The fraction of sp³-hybridized carbons (Fsp3) is 0.500. The first-order chi connectivity index (χ1) is 9.22. The van der Waals surface area contributed by atoms with Gasteiger partial charge in [0.2, 0.25) is 0 Å². The predicted octanol–water partition coefficient (Wildman–Crippen LogP) is 2.27. The van der Waals surface area contributed by atoms with Crippen LogP contribution in [0, 0.1) is 12.8 Å². The van der Waals surface area contributed by atoms with Crippen LogP contribution in [0.1, 0.15) is 12.0 Å². The van der Waals surface area contributed by atoms with E-state index in [4.69, 9.17) is 18.9 Å². The number of fused-ring (bicyclic) bond motifs is 1. The molecule has 2 aliphatic heterocycles. The van der Waals surface area contributed by atoms with E-state index in [1.165, 1.54) is 0 Å². The number of rotatable bonds is 2. The number of aryl methyl sites for hydroxylation is 1. The van der Waals surface area contributed by atoms with Gasteiger partial charge in [-0.2, -0.15) is 0 Å². The molecule has 0 saturated carbocycles. The average molecular weight is 264 g/mol. The second-order valence-corrected chi connectivity index (χ2v) is 4.85. The van der Waals surface area contributed by atoms with Crippen LogP contribution in [-0.2, 0) is 14.2 Å². The van der Waals surface area contributed by atoms with Crippen LogP contribution in [-0.4, -0.2) is 31.8 Å². The molecular weight excluding hydrogens is 248 g/mol. The SMILES string of the molecule is Cc1ccc(OC(=O)O[C@H]2CO[C@H]3OCC[C@H]32)cc1. The van der Waals surface area contributed by atoms with Crippen molar-refractivity contribution in [3.05, 3.63) is 29.8 Å². The number of carbonyl (C=O) groups is 1. The van der Waals surface area contributed by atoms with Crippen LogP contribution in [0.2, 0.25) is 0 Å². The molecule has 19 heavy (non-hydrogen) atoms. The summed E-state index contributed by atoms with van der Waals surface area (Å²) in [4.78, 5) is 11.7. The number of hydrogen-bond donors (Lipinski definition) is 0. The molecule has 1 aromatic carbocycles. The van der Waals surface area contributed by atoms with Crippen molar-refractivity contribution in [2.75, 3.05) is 13.2 Å². The summed E-state index contributed by atoms with van der Waals surface area (Å²) in [5.74, 6) is 0.610. The maximum Gasteiger partial charge on any atom is 0.514 e. The summed E-state index contributed by atoms with van der Waals surface area (Å²) in [5.41, 5.74) is 1.11. The predicted molar refractivity (Wildman–Crippen MR) is 65.9 cm³/mol. The summed E-state index contributed by atoms with van der Waals surface area (Å²) in [6.07, 6.45) is -0.333. The highest BCUT2D eigenvalue weighted by Gasteiger charge is 2.44. The van der Waals surface area contributed by atoms with Crippen molar-refractivity contribution in [1.29, 1.82) is 0 Å². The third kappa shape index (κ3) is 2.72. The average Bonchev–Trinajstić information content (AvgIpc) is 2.97. The molecule has 5 nitrogen and oxygen atoms in total. The molecule has 3 atom stereocenters. The molecule has 2 fully saturated rings. The Morgan fingerprint density at radius 3 is 2.84 bits per heavy atom. The Hall–Kier alpha value is -1.59. The van der Waals surface area contributed by atoms with Crippen LogP contribution in [0.3, 0.4) is 0 Å². The lowest BCUT2D eigenvalue weighted by Crippen LogP contribution is -2.27. The molecule has 0 unspecified atom stereocenters. The van der Waals surface area contributed by atoms with Gasteiger partial charge < -0.3 is 18.9 Å². The van der Waals surface area contributed by atoms with Gasteiger partial charge in [0.15, 0.2) is 6.29 Å². The first kappa shape index (κ1) is 12.4. The molecular formula is C14H16O5. The van der Waals surface area contributed by atoms with Gasteiger partial charge in [-0.15, -0.1) is 0 Å². The van der Waals surface area contributed by atoms with Gasteiger partial charge in [0.05, 0.1) is 19.1 Å². The zero-order valence-corrected chi connectivity index (χ0v) is 10.7. The summed E-state index contributed by atoms with van der Waals surface area (Å²) >= 11 is 0. The van der Waals surface area contributed by atoms with E-state index in [0.717, 1.165) is 12.0 Å². The van der Waals surface area contributed by atoms with Gasteiger partial charge in [-0.25, -0.2) is 4.79 Å². The van der Waals surface area contributed by atoms with Gasteiger partial charge in [-0.3, -0.25) is 0 Å². The molecule has 102 valence electrons. The quantitative estimate of drug-likeness (QED) is 0.606. The molecule has 3 rings (SSSR count). The van der Waals surface area contributed by atoms with Gasteiger partial charge >= 0.3 is 6.16 Å². The lowest BCUT2D eigenvalue weighted by Gasteiger charge is -2.15. The zero-order chi connectivity index (χ0) is 13.2. The Kier molecular flexibility index (Phi) is 3.40. The summed E-state index contributed by atoms with van der Waals surface area (Å²) in [5, 5.41) is 0. The molecule has 0 radical (unpaired) electrons. The highest BCUT2D eigenvalue weighted by Crippen LogP contribution is 2.33. The first-order valence-electron chi connectivity index (χ1n) is 6.41. The Labute approximate surface area is 111 Å². The number of ether oxygens (including phenoxy) is 4. The number of benzene rings is 1. The van der Waals surface area contributed by atoms with Crippen LogP contribution in [0.5, 0.6) is 5.75 Å². The number of hydrogen-bond acceptors (Lipinski definition) is 5. The molecule has 2 heterocycles. The molecule has 2 aliphatic rings. The van der Waals surface area contributed by atoms with Crippen LogP contribution >= 0.6 is 0 Å². The Morgan fingerprint density at radius 1 is 1.26 bits per heavy atom. The normalized spacial score (nSPS) is 29.0. The highest BCUT2D eigenvalue weighted by molar-refractivity contribution is 5.64. The zero-order valence-electron chi connectivity index (χ0n) is 10.7. The molecule has 0 N–H and O–H groups in total. The summed E-state index contributed by atoms with van der Waals surface area (Å²) < 4.78 is 21.2. The first-order valence-corrected chi connectivity index (χ1v) is 6.41. The van der Waals surface area contributed by atoms with E-state index in [9.17, 15) is 4.79 Å². The molecule has 2 saturated heterocycles. The van der Waals surface area contributed by atoms with Crippen molar-refractivity contribution in [1.82, 2.24) is 0 Å². The van der Waals surface area contributed by atoms with Gasteiger partial charge in [-0.05, 0) is 25.5 Å². The highest BCUT2D eigenvalue weighted by atomic mass is 16.8. The van der Waals surface area contributed by atoms with E-state index in [1.807, 2.05) is 19.1 Å². The molecule has 1 aromatic rings. The molecule has 0 amide bonds. The third-order valence-corrected chi connectivity index (χ3v) is 3.45. The summed E-state index contributed by atoms with van der Waals surface area (Å²) in [6, 6.07) is 7.23. The second kappa shape index (κ2) is 5.19. The molecule has 0 spiro atoms. The van der Waals surface area contributed by atoms with Crippen LogP contribution in [0.15, 0.2) is 24.3 Å². The van der Waals surface area contributed by atoms with E-state index in [0.29, 0.717) is 19.0 Å². The second-order valence-electron chi connectivity index (χ2n) is 4.85. The summed E-state index contributed by atoms with van der Waals surface area (Å²) in [7, 11) is 0. The maximum atomic E-state index is 11.7. The molecule has 5 heteroatoms. The standard InChI is InChI=1S/C14H16O5/c1-9-2-4-10(5-3-9)18-14(15)19-12-8-17-13-11(12)6-7-16-13/h2-5,11-13H,6-8H2,1H3/t11-,12-,13+/m0/s1. The van der Waals surface area contributed by atoms with E-state index in [1.54, 1.807) is 12.1 Å². The van der Waals surface area contributed by atoms with Crippen molar-refractivity contribution in [3.63, 3.8) is 0 Å². The van der Waals surface area contributed by atoms with Crippen LogP contribution in [0.4, 0.5) is 4.79 Å². The maximum absolute atomic E-state index is 11.7. The van der Waals surface area contributed by atoms with Gasteiger partial charge in [-0.1, -0.05) is 17.7 Å². The fourth-order valence-electron chi connectivity index (χ4n) is 2.40. The van der Waals surface area contributed by atoms with E-state index >= 15 is 0 Å². The van der Waals surface area contributed by atoms with Crippen molar-refractivity contribution in [3.8, 4) is 5.75 Å². The molecule has 0 aliphatic carbocycles. The third-order valence-electron chi connectivity index (χ3n) is 3.45. The van der Waals surface area contributed by atoms with Gasteiger partial charge in [0.25, 0.3) is 0 Å². The Morgan fingerprint density at radius 2 is 2.05 bits per heavy atom. The molecule has 0 bridgehead atoms. The Balaban J connectivity index is 1.55. The van der Waals surface area contributed by atoms with E-state index < -0.39 is 6.16 Å². The lowest BCUT2D eigenvalue weighted by molar-refractivity contribution is -0.0907. The smallest absolute Gasteiger partial charge is 0.428 e. The minimum atomic E-state index is -0.690. The van der Waals surface area contributed by atoms with Gasteiger partial charge in [0, 0.05) is 0 Å². The van der Waals surface area contributed by atoms with Crippen molar-refractivity contribution < 1.29 is 23.7 Å². The topological polar surface area (TPSA) is 54.0 Å². The molecule has 0 aromatic heterocycles. The van der Waals surface area contributed by atoms with E-state index in [-0.39, 0.29) is 18.3 Å². The van der Waals surface area contributed by atoms with E-state index in [2.05, 4.69) is 0 Å². The summed E-state index contributed by atoms with van der Waals surface area (Å²) in [6.45, 7) is 3.00. The van der Waals surface area contributed by atoms with Gasteiger partial charge in [0.1, 0.15) is 11.9 Å². The van der Waals surface area contributed by atoms with Crippen molar-refractivity contribution in [2.24, 2.45) is 5.92 Å². The largest absolute Gasteiger partial charge is 0.514 e. The van der Waals surface area contributed by atoms with Crippen LogP contribution in [0.25, 0.3) is 0 Å². The minimum Gasteiger partial charge on any atom is -0.428 e. The minimum absolute atomic E-state index is 0.130. The van der Waals surface area contributed by atoms with Crippen molar-refractivity contribution >= 4 is 6.16 Å².